The van der Waals surface area contributed by atoms with Gasteiger partial charge in [-0.25, -0.2) is 0 Å². The molecule has 0 aliphatic heterocycles. The maximum atomic E-state index is 9.87. The Bertz CT molecular complexity index is 154. The fourth-order valence-corrected chi connectivity index (χ4v) is 0. The molecule has 0 rings (SSSR count). The first-order valence-corrected chi connectivity index (χ1v) is 5.58. The van der Waals surface area contributed by atoms with Gasteiger partial charge in [0.2, 0.25) is 0 Å². The molecule has 0 amide bonds. The van der Waals surface area contributed by atoms with Crippen molar-refractivity contribution in [3.05, 3.63) is 0 Å². The van der Waals surface area contributed by atoms with E-state index in [0.29, 0.717) is 0 Å². The zero-order chi connectivity index (χ0) is 11.9. The van der Waals surface area contributed by atoms with E-state index >= 15 is 0 Å². The summed E-state index contributed by atoms with van der Waals surface area (Å²) in [7, 11) is -19.2. The van der Waals surface area contributed by atoms with E-state index in [1.54, 1.807) is 0 Å². The average Bonchev–Trinajstić information content (AvgIpc) is 0.981. The monoisotopic (exact) mass is 310 g/mol. The van der Waals surface area contributed by atoms with Gasteiger partial charge in [-0.2, -0.15) is 0 Å². The molecule has 0 fully saturated rings. The van der Waals surface area contributed by atoms with E-state index in [2.05, 4.69) is 0 Å². The van der Waals surface area contributed by atoms with E-state index in [-0.39, 0.29) is 51.4 Å². The molecule has 0 bridgehead atoms. The molecule has 0 nitrogen and oxygen atoms in total. The van der Waals surface area contributed by atoms with Crippen LogP contribution in [0.4, 0.5) is 46.2 Å². The molecule has 0 unspecified atom stereocenters. The van der Waals surface area contributed by atoms with Gasteiger partial charge in [0, 0.05) is 0 Å². The van der Waals surface area contributed by atoms with Crippen LogP contribution in [0.2, 0.25) is 0 Å². The van der Waals surface area contributed by atoms with E-state index in [9.17, 15) is 46.2 Å². The number of hydrogen-bond donors (Lipinski definition) is 0. The van der Waals surface area contributed by atoms with Crippen molar-refractivity contribution in [2.75, 3.05) is 0 Å². The molecule has 14 heteroatoms. The summed E-state index contributed by atoms with van der Waals surface area (Å²) >= 11 is 0. The van der Waals surface area contributed by atoms with Gasteiger partial charge in [0.15, 0.2) is 0 Å². The van der Waals surface area contributed by atoms with Gasteiger partial charge in [0.1, 0.15) is 0 Å². The molecule has 0 aromatic rings. The maximum absolute atomic E-state index is 10.7. The molecule has 0 saturated carbocycles. The number of rotatable bonds is 0. The minimum atomic E-state index is -10.7. The first kappa shape index (κ1) is 21.1. The molecular formula is F11KP2. The predicted molar refractivity (Wildman–Crippen MR) is 26.0 cm³/mol. The molecule has 0 aromatic heterocycles. The van der Waals surface area contributed by atoms with E-state index < -0.39 is 16.0 Å². The van der Waals surface area contributed by atoms with Gasteiger partial charge >= 0.3 is 114 Å². The SMILES string of the molecule is FP(F)(F)(F)F.F[P-](F)(F)(F)(F)F.[K+]. The largest absolute Gasteiger partial charge is 1.00 e. The molecule has 0 aliphatic rings. The Kier molecular flexibility index (Phi) is 5.84. The first-order valence-electron chi connectivity index (χ1n) is 1.86. The third kappa shape index (κ3) is 746. The Morgan fingerprint density at radius 2 is 0.571 bits per heavy atom. The summed E-state index contributed by atoms with van der Waals surface area (Å²) in [6.07, 6.45) is 0. The van der Waals surface area contributed by atoms with Gasteiger partial charge < -0.3 is 0 Å². The number of hydrogen-bond acceptors (Lipinski definition) is 0. The van der Waals surface area contributed by atoms with Crippen molar-refractivity contribution in [1.82, 2.24) is 0 Å². The van der Waals surface area contributed by atoms with Crippen molar-refractivity contribution in [3.8, 4) is 0 Å². The Morgan fingerprint density at radius 1 is 0.571 bits per heavy atom. The molecule has 0 aliphatic carbocycles. The quantitative estimate of drug-likeness (QED) is 0.366. The molecule has 88 valence electrons. The van der Waals surface area contributed by atoms with Crippen molar-refractivity contribution in [2.45, 2.75) is 0 Å². The molecule has 0 radical (unpaired) electrons. The number of halogens is 11. The van der Waals surface area contributed by atoms with Crippen LogP contribution in [0.15, 0.2) is 0 Å². The fraction of sp³-hybridized carbons (Fsp3) is 0. The molecule has 0 saturated heterocycles. The van der Waals surface area contributed by atoms with Crippen LogP contribution in [0.3, 0.4) is 0 Å². The average molecular weight is 310 g/mol. The zero-order valence-corrected chi connectivity index (χ0v) is 11.0. The Morgan fingerprint density at radius 3 is 0.571 bits per heavy atom. The van der Waals surface area contributed by atoms with E-state index in [1.807, 2.05) is 0 Å². The molecule has 0 heterocycles. The molecule has 0 atom stereocenters. The van der Waals surface area contributed by atoms with Gasteiger partial charge in [0.25, 0.3) is 0 Å². The van der Waals surface area contributed by atoms with Gasteiger partial charge in [-0.05, 0) is 0 Å². The summed E-state index contributed by atoms with van der Waals surface area (Å²) in [5.41, 5.74) is 0. The van der Waals surface area contributed by atoms with Crippen LogP contribution in [0.5, 0.6) is 0 Å². The molecular weight excluding hydrogens is 310 g/mol. The van der Waals surface area contributed by atoms with Crippen LogP contribution >= 0.6 is 16.0 Å². The van der Waals surface area contributed by atoms with E-state index in [1.165, 1.54) is 0 Å². The minimum absolute atomic E-state index is 0. The van der Waals surface area contributed by atoms with Crippen LogP contribution in [-0.4, -0.2) is 0 Å². The van der Waals surface area contributed by atoms with Gasteiger partial charge in [-0.1, -0.05) is 0 Å². The summed E-state index contributed by atoms with van der Waals surface area (Å²) in [6, 6.07) is 0. The van der Waals surface area contributed by atoms with Crippen LogP contribution in [0.1, 0.15) is 0 Å². The molecule has 0 aromatic carbocycles. The summed E-state index contributed by atoms with van der Waals surface area (Å²) < 4.78 is 108. The Hall–Kier alpha value is 1.73. The minimum Gasteiger partial charge on any atom is 1.00 e. The van der Waals surface area contributed by atoms with Crippen molar-refractivity contribution < 1.29 is 97.6 Å². The van der Waals surface area contributed by atoms with Crippen molar-refractivity contribution in [3.63, 3.8) is 0 Å². The molecule has 0 N–H and O–H groups in total. The maximum Gasteiger partial charge on any atom is 1.00 e. The summed E-state index contributed by atoms with van der Waals surface area (Å²) in [5, 5.41) is 0. The second-order valence-electron chi connectivity index (χ2n) is 1.60. The van der Waals surface area contributed by atoms with Crippen LogP contribution in [-0.2, 0) is 0 Å². The standard InChI is InChI=1S/F6P.F5P.K/c1-7(2,3,4,5)6;1-6(2,3,4)5;/q-1;;+1. The zero-order valence-electron chi connectivity index (χ0n) is 6.05. The first-order chi connectivity index (χ1) is 4.69. The summed E-state index contributed by atoms with van der Waals surface area (Å²) in [4.78, 5) is 0. The summed E-state index contributed by atoms with van der Waals surface area (Å²) in [6.45, 7) is 0. The smallest absolute Gasteiger partial charge is 1.00 e. The van der Waals surface area contributed by atoms with Crippen molar-refractivity contribution >= 4 is 16.0 Å². The predicted octanol–water partition coefficient (Wildman–Crippen LogP) is 3.35. The van der Waals surface area contributed by atoms with E-state index in [4.69, 9.17) is 0 Å². The van der Waals surface area contributed by atoms with Gasteiger partial charge in [-0.15, -0.1) is 0 Å². The van der Waals surface area contributed by atoms with Gasteiger partial charge in [0.05, 0.1) is 0 Å². The van der Waals surface area contributed by atoms with Crippen molar-refractivity contribution in [2.24, 2.45) is 0 Å². The Labute approximate surface area is 112 Å². The van der Waals surface area contributed by atoms with Crippen LogP contribution < -0.4 is 51.4 Å². The van der Waals surface area contributed by atoms with Crippen molar-refractivity contribution in [1.29, 1.82) is 0 Å². The molecule has 14 heavy (non-hydrogen) atoms. The normalized spacial score (nSPS) is 19.8. The summed E-state index contributed by atoms with van der Waals surface area (Å²) in [5.74, 6) is 0. The molecule has 0 spiro atoms. The third-order valence-corrected chi connectivity index (χ3v) is 0. The fourth-order valence-electron chi connectivity index (χ4n) is 0. The third-order valence-electron chi connectivity index (χ3n) is 0. The van der Waals surface area contributed by atoms with E-state index in [0.717, 1.165) is 0 Å². The van der Waals surface area contributed by atoms with Crippen LogP contribution in [0.25, 0.3) is 0 Å². The second-order valence-corrected chi connectivity index (χ2v) is 4.79. The Balaban J connectivity index is -0.000000163. The second kappa shape index (κ2) is 3.88. The van der Waals surface area contributed by atoms with Crippen LogP contribution in [0, 0.1) is 0 Å². The topological polar surface area (TPSA) is 0 Å². The van der Waals surface area contributed by atoms with Gasteiger partial charge in [-0.3, -0.25) is 0 Å².